The summed E-state index contributed by atoms with van der Waals surface area (Å²) in [6.07, 6.45) is 5.25. The first kappa shape index (κ1) is 18.4. The highest BCUT2D eigenvalue weighted by molar-refractivity contribution is 9.10. The predicted octanol–water partition coefficient (Wildman–Crippen LogP) is 2.08. The summed E-state index contributed by atoms with van der Waals surface area (Å²) in [7, 11) is 0. The average molecular weight is 487 g/mol. The Labute approximate surface area is 162 Å². The van der Waals surface area contributed by atoms with Crippen molar-refractivity contribution in [2.75, 3.05) is 0 Å². The Balaban J connectivity index is 0.00000192. The maximum atomic E-state index is 5.93. The van der Waals surface area contributed by atoms with Crippen molar-refractivity contribution in [1.82, 2.24) is 4.98 Å². The van der Waals surface area contributed by atoms with Crippen molar-refractivity contribution in [3.8, 4) is 11.5 Å². The van der Waals surface area contributed by atoms with Crippen LogP contribution in [0, 0.1) is 0 Å². The molecule has 0 bridgehead atoms. The van der Waals surface area contributed by atoms with E-state index in [1.165, 1.54) is 5.56 Å². The molecule has 3 rings (SSSR count). The summed E-state index contributed by atoms with van der Waals surface area (Å²) in [4.78, 5) is 4.67. The molecule has 3 aromatic rings. The zero-order chi connectivity index (χ0) is 15.7. The van der Waals surface area contributed by atoms with E-state index >= 15 is 0 Å². The van der Waals surface area contributed by atoms with Crippen molar-refractivity contribution in [2.24, 2.45) is 0 Å². The summed E-state index contributed by atoms with van der Waals surface area (Å²) >= 11 is 3.56. The SMILES string of the molecule is CCC[n+]1cc(Br)cc(-c2nc3cc(C(C)C)ccc3o2)c1.[I-]. The van der Waals surface area contributed by atoms with Crippen LogP contribution in [0.25, 0.3) is 22.6 Å². The number of benzene rings is 1. The number of oxazole rings is 1. The van der Waals surface area contributed by atoms with E-state index in [2.05, 4.69) is 70.8 Å². The summed E-state index contributed by atoms with van der Waals surface area (Å²) in [6, 6.07) is 8.28. The second kappa shape index (κ2) is 7.75. The molecule has 1 aromatic carbocycles. The number of halogens is 2. The number of aromatic nitrogens is 2. The molecule has 0 saturated carbocycles. The Kier molecular flexibility index (Phi) is 6.19. The van der Waals surface area contributed by atoms with Crippen LogP contribution < -0.4 is 28.5 Å². The minimum atomic E-state index is 0. The van der Waals surface area contributed by atoms with E-state index in [0.29, 0.717) is 11.8 Å². The van der Waals surface area contributed by atoms with Crippen molar-refractivity contribution in [3.63, 3.8) is 0 Å². The van der Waals surface area contributed by atoms with E-state index in [1.54, 1.807) is 0 Å². The molecule has 0 N–H and O–H groups in total. The van der Waals surface area contributed by atoms with Crippen LogP contribution in [0.2, 0.25) is 0 Å². The van der Waals surface area contributed by atoms with Crippen LogP contribution in [0.3, 0.4) is 0 Å². The lowest BCUT2D eigenvalue weighted by atomic mass is 10.0. The first-order valence-corrected chi connectivity index (χ1v) is 8.46. The van der Waals surface area contributed by atoms with Gasteiger partial charge in [0.1, 0.15) is 17.6 Å². The van der Waals surface area contributed by atoms with E-state index in [1.807, 2.05) is 12.1 Å². The second-order valence-corrected chi connectivity index (χ2v) is 6.80. The molecule has 0 saturated heterocycles. The summed E-state index contributed by atoms with van der Waals surface area (Å²) in [5.41, 5.74) is 4.03. The standard InChI is InChI=1S/C18H20BrN2O.HI/c1-4-7-21-10-14(8-15(19)11-21)18-20-16-9-13(12(2)3)5-6-17(16)22-18;/h5-6,8-12H,4,7H2,1-3H3;1H/q+1;/p-1. The molecule has 0 aliphatic rings. The number of aryl methyl sites for hydroxylation is 1. The Morgan fingerprint density at radius 1 is 1.22 bits per heavy atom. The summed E-state index contributed by atoms with van der Waals surface area (Å²) < 4.78 is 9.12. The van der Waals surface area contributed by atoms with Crippen LogP contribution in [0.5, 0.6) is 0 Å². The van der Waals surface area contributed by atoms with Gasteiger partial charge in [-0.1, -0.05) is 26.8 Å². The van der Waals surface area contributed by atoms with Crippen LogP contribution in [-0.4, -0.2) is 4.98 Å². The smallest absolute Gasteiger partial charge is 0.233 e. The Morgan fingerprint density at radius 3 is 2.70 bits per heavy atom. The van der Waals surface area contributed by atoms with Crippen LogP contribution in [0.4, 0.5) is 0 Å². The van der Waals surface area contributed by atoms with Crippen molar-refractivity contribution in [2.45, 2.75) is 39.7 Å². The van der Waals surface area contributed by atoms with Crippen LogP contribution in [-0.2, 0) is 6.54 Å². The first-order chi connectivity index (χ1) is 10.6. The zero-order valence-electron chi connectivity index (χ0n) is 13.5. The third kappa shape index (κ3) is 4.12. The number of rotatable bonds is 4. The zero-order valence-corrected chi connectivity index (χ0v) is 17.3. The monoisotopic (exact) mass is 486 g/mol. The molecule has 23 heavy (non-hydrogen) atoms. The molecule has 2 aromatic heterocycles. The second-order valence-electron chi connectivity index (χ2n) is 5.88. The molecule has 0 unspecified atom stereocenters. The van der Waals surface area contributed by atoms with Crippen LogP contribution in [0.1, 0.15) is 38.7 Å². The summed E-state index contributed by atoms with van der Waals surface area (Å²) in [5.74, 6) is 1.16. The average Bonchev–Trinajstić information content (AvgIpc) is 2.89. The van der Waals surface area contributed by atoms with Gasteiger partial charge in [-0.25, -0.2) is 9.55 Å². The molecule has 0 atom stereocenters. The quantitative estimate of drug-likeness (QED) is 0.417. The van der Waals surface area contributed by atoms with Gasteiger partial charge >= 0.3 is 0 Å². The van der Waals surface area contributed by atoms with E-state index in [9.17, 15) is 0 Å². The van der Waals surface area contributed by atoms with Gasteiger partial charge < -0.3 is 28.4 Å². The van der Waals surface area contributed by atoms with E-state index in [4.69, 9.17) is 4.42 Å². The topological polar surface area (TPSA) is 29.9 Å². The highest BCUT2D eigenvalue weighted by Gasteiger charge is 2.14. The lowest BCUT2D eigenvalue weighted by molar-refractivity contribution is -0.697. The van der Waals surface area contributed by atoms with Gasteiger partial charge in [0.15, 0.2) is 18.0 Å². The molecule has 2 heterocycles. The number of pyridine rings is 1. The van der Waals surface area contributed by atoms with Gasteiger partial charge in [-0.05, 0) is 45.6 Å². The molecular formula is C18H20BrIN2O. The number of hydrogen-bond acceptors (Lipinski definition) is 2. The fraction of sp³-hybridized carbons (Fsp3) is 0.333. The highest BCUT2D eigenvalue weighted by Crippen LogP contribution is 2.27. The van der Waals surface area contributed by atoms with Gasteiger partial charge in [-0.15, -0.1) is 0 Å². The molecule has 0 radical (unpaired) electrons. The van der Waals surface area contributed by atoms with E-state index < -0.39 is 0 Å². The number of fused-ring (bicyclic) bond motifs is 1. The third-order valence-electron chi connectivity index (χ3n) is 3.69. The van der Waals surface area contributed by atoms with Crippen molar-refractivity contribution in [1.29, 1.82) is 0 Å². The minimum absolute atomic E-state index is 0. The Morgan fingerprint density at radius 2 is 2.00 bits per heavy atom. The van der Waals surface area contributed by atoms with Crippen LogP contribution in [0.15, 0.2) is 45.5 Å². The molecule has 0 fully saturated rings. The maximum absolute atomic E-state index is 5.93. The molecule has 0 spiro atoms. The molecule has 122 valence electrons. The molecule has 0 aliphatic heterocycles. The van der Waals surface area contributed by atoms with E-state index in [-0.39, 0.29) is 24.0 Å². The first-order valence-electron chi connectivity index (χ1n) is 7.67. The van der Waals surface area contributed by atoms with Gasteiger partial charge in [0.25, 0.3) is 0 Å². The van der Waals surface area contributed by atoms with Crippen LogP contribution >= 0.6 is 15.9 Å². The summed E-state index contributed by atoms with van der Waals surface area (Å²) in [6.45, 7) is 7.51. The molecule has 3 nitrogen and oxygen atoms in total. The predicted molar refractivity (Wildman–Crippen MR) is 91.7 cm³/mol. The van der Waals surface area contributed by atoms with Gasteiger partial charge in [0.2, 0.25) is 5.89 Å². The third-order valence-corrected chi connectivity index (χ3v) is 4.13. The molecule has 0 amide bonds. The molecule has 5 heteroatoms. The number of nitrogens with zero attached hydrogens (tertiary/aromatic N) is 2. The van der Waals surface area contributed by atoms with Gasteiger partial charge in [0, 0.05) is 6.42 Å². The van der Waals surface area contributed by atoms with Gasteiger partial charge in [-0.3, -0.25) is 0 Å². The van der Waals surface area contributed by atoms with Gasteiger partial charge in [0.05, 0.1) is 4.47 Å². The minimum Gasteiger partial charge on any atom is -1.00 e. The fourth-order valence-corrected chi connectivity index (χ4v) is 3.04. The Bertz CT molecular complexity index is 814. The lowest BCUT2D eigenvalue weighted by Gasteiger charge is -2.02. The number of hydrogen-bond donors (Lipinski definition) is 0. The maximum Gasteiger partial charge on any atom is 0.233 e. The fourth-order valence-electron chi connectivity index (χ4n) is 2.53. The van der Waals surface area contributed by atoms with Crippen molar-refractivity contribution in [3.05, 3.63) is 46.7 Å². The lowest BCUT2D eigenvalue weighted by Crippen LogP contribution is -3.00. The normalized spacial score (nSPS) is 11.0. The van der Waals surface area contributed by atoms with Crippen molar-refractivity contribution < 1.29 is 33.0 Å². The highest BCUT2D eigenvalue weighted by atomic mass is 127. The molecular weight excluding hydrogens is 467 g/mol. The van der Waals surface area contributed by atoms with E-state index in [0.717, 1.165) is 34.1 Å². The largest absolute Gasteiger partial charge is 1.00 e. The van der Waals surface area contributed by atoms with Crippen molar-refractivity contribution >= 4 is 27.0 Å². The molecule has 0 aliphatic carbocycles. The summed E-state index contributed by atoms with van der Waals surface area (Å²) in [5, 5.41) is 0. The Hall–Kier alpha value is -0.950. The van der Waals surface area contributed by atoms with Gasteiger partial charge in [-0.2, -0.15) is 0 Å².